The van der Waals surface area contributed by atoms with Crippen LogP contribution in [0.3, 0.4) is 0 Å². The van der Waals surface area contributed by atoms with Gasteiger partial charge in [0, 0.05) is 17.1 Å². The summed E-state index contributed by atoms with van der Waals surface area (Å²) >= 11 is 6.18. The summed E-state index contributed by atoms with van der Waals surface area (Å²) in [4.78, 5) is 14.1. The summed E-state index contributed by atoms with van der Waals surface area (Å²) < 4.78 is 5.74. The first-order valence-corrected chi connectivity index (χ1v) is 6.92. The van der Waals surface area contributed by atoms with Crippen LogP contribution in [0, 0.1) is 0 Å². The molecular weight excluding hydrogens is 299 g/mol. The molecule has 1 amide bonds. The zero-order valence-electron chi connectivity index (χ0n) is 11.0. The van der Waals surface area contributed by atoms with Gasteiger partial charge >= 0.3 is 0 Å². The van der Waals surface area contributed by atoms with Crippen LogP contribution in [0.2, 0.25) is 5.02 Å². The van der Waals surface area contributed by atoms with Gasteiger partial charge in [-0.3, -0.25) is 4.79 Å². The topological polar surface area (TPSA) is 55.6 Å². The van der Waals surface area contributed by atoms with Crippen LogP contribution in [0.25, 0.3) is 0 Å². The van der Waals surface area contributed by atoms with Gasteiger partial charge in [-0.25, -0.2) is 0 Å². The molecule has 3 rings (SSSR count). The Balaban J connectivity index is 0.00000147. The fourth-order valence-electron chi connectivity index (χ4n) is 2.42. The van der Waals surface area contributed by atoms with Gasteiger partial charge in [0.25, 0.3) is 0 Å². The van der Waals surface area contributed by atoms with Gasteiger partial charge < -0.3 is 15.4 Å². The molecule has 20 heavy (non-hydrogen) atoms. The molecule has 4 nitrogen and oxygen atoms in total. The molecule has 1 unspecified atom stereocenters. The van der Waals surface area contributed by atoms with Gasteiger partial charge in [0.2, 0.25) is 5.91 Å². The summed E-state index contributed by atoms with van der Waals surface area (Å²) in [5.41, 5.74) is 6.30. The van der Waals surface area contributed by atoms with Gasteiger partial charge in [-0.1, -0.05) is 29.8 Å². The highest BCUT2D eigenvalue weighted by molar-refractivity contribution is 6.31. The molecule has 1 aromatic carbocycles. The Labute approximate surface area is 129 Å². The van der Waals surface area contributed by atoms with E-state index in [4.69, 9.17) is 22.1 Å². The third-order valence-electron chi connectivity index (χ3n) is 3.82. The largest absolute Gasteiger partial charge is 0.370 e. The van der Waals surface area contributed by atoms with Gasteiger partial charge in [0.15, 0.2) is 0 Å². The molecule has 0 aromatic heterocycles. The first kappa shape index (κ1) is 15.6. The van der Waals surface area contributed by atoms with Crippen LogP contribution in [0.4, 0.5) is 0 Å². The minimum atomic E-state index is -0.609. The summed E-state index contributed by atoms with van der Waals surface area (Å²) in [7, 11) is 0. The number of amides is 1. The molecule has 1 aliphatic carbocycles. The number of halogens is 2. The lowest BCUT2D eigenvalue weighted by molar-refractivity contribution is -0.141. The molecule has 1 heterocycles. The van der Waals surface area contributed by atoms with Crippen LogP contribution in [0.1, 0.15) is 24.5 Å². The fourth-order valence-corrected chi connectivity index (χ4v) is 2.68. The average Bonchev–Trinajstić information content (AvgIpc) is 3.18. The molecule has 1 aromatic rings. The number of morpholine rings is 1. The Bertz CT molecular complexity index is 506. The first-order chi connectivity index (χ1) is 9.10. The number of benzene rings is 1. The minimum absolute atomic E-state index is 0. The maximum atomic E-state index is 12.3. The molecule has 2 N–H and O–H groups in total. The highest BCUT2D eigenvalue weighted by Crippen LogP contribution is 2.36. The smallest absolute Gasteiger partial charge is 0.242 e. The third kappa shape index (κ3) is 2.93. The zero-order valence-corrected chi connectivity index (χ0v) is 12.6. The first-order valence-electron chi connectivity index (χ1n) is 6.54. The van der Waals surface area contributed by atoms with E-state index < -0.39 is 5.54 Å². The Hall–Kier alpha value is -0.810. The van der Waals surface area contributed by atoms with E-state index in [-0.39, 0.29) is 24.4 Å². The van der Waals surface area contributed by atoms with E-state index in [0.717, 1.165) is 18.4 Å². The van der Waals surface area contributed by atoms with Crippen molar-refractivity contribution >= 4 is 29.9 Å². The van der Waals surface area contributed by atoms with E-state index in [9.17, 15) is 4.79 Å². The van der Waals surface area contributed by atoms with E-state index in [2.05, 4.69) is 0 Å². The number of ether oxygens (including phenoxy) is 1. The number of carbonyl (C=O) groups excluding carboxylic acids is 1. The Morgan fingerprint density at radius 3 is 2.75 bits per heavy atom. The highest BCUT2D eigenvalue weighted by Gasteiger charge is 2.48. The van der Waals surface area contributed by atoms with Crippen LogP contribution in [0.5, 0.6) is 0 Å². The lowest BCUT2D eigenvalue weighted by atomic mass is 10.1. The fraction of sp³-hybridized carbons (Fsp3) is 0.500. The quantitative estimate of drug-likeness (QED) is 0.909. The molecule has 110 valence electrons. The number of hydrogen-bond donors (Lipinski definition) is 1. The van der Waals surface area contributed by atoms with E-state index in [0.29, 0.717) is 24.7 Å². The van der Waals surface area contributed by atoms with Crippen LogP contribution in [-0.4, -0.2) is 36.0 Å². The van der Waals surface area contributed by atoms with Crippen molar-refractivity contribution in [1.29, 1.82) is 0 Å². The number of carbonyl (C=O) groups is 1. The number of hydrogen-bond acceptors (Lipinski definition) is 3. The van der Waals surface area contributed by atoms with Gasteiger partial charge in [0.05, 0.1) is 18.7 Å². The molecule has 1 saturated heterocycles. The zero-order chi connectivity index (χ0) is 13.5. The molecule has 0 spiro atoms. The number of nitrogens with zero attached hydrogens (tertiary/aromatic N) is 1. The van der Waals surface area contributed by atoms with Crippen LogP contribution in [0.15, 0.2) is 24.3 Å². The molecule has 6 heteroatoms. The molecule has 1 atom stereocenters. The normalized spacial score (nSPS) is 23.9. The molecule has 2 aliphatic rings. The standard InChI is InChI=1S/C14H17ClN2O2.ClH/c15-11-4-2-1-3-10(11)12-9-17(7-8-19-12)13(18)14(16)5-6-14;/h1-4,12H,5-9,16H2;1H. The van der Waals surface area contributed by atoms with Gasteiger partial charge in [-0.2, -0.15) is 0 Å². The van der Waals surface area contributed by atoms with Gasteiger partial charge in [-0.05, 0) is 18.9 Å². The van der Waals surface area contributed by atoms with E-state index in [1.54, 1.807) is 0 Å². The van der Waals surface area contributed by atoms with Crippen molar-refractivity contribution in [3.8, 4) is 0 Å². The summed E-state index contributed by atoms with van der Waals surface area (Å²) in [5.74, 6) is 0.0489. The number of nitrogens with two attached hydrogens (primary N) is 1. The Morgan fingerprint density at radius 2 is 2.10 bits per heavy atom. The summed E-state index contributed by atoms with van der Waals surface area (Å²) in [6.07, 6.45) is 1.42. The Morgan fingerprint density at radius 1 is 1.40 bits per heavy atom. The van der Waals surface area contributed by atoms with Crippen molar-refractivity contribution in [3.63, 3.8) is 0 Å². The number of rotatable bonds is 2. The molecule has 2 fully saturated rings. The predicted octanol–water partition coefficient (Wildman–Crippen LogP) is 2.15. The molecular formula is C14H18Cl2N2O2. The van der Waals surface area contributed by atoms with Gasteiger partial charge in [-0.15, -0.1) is 12.4 Å². The lowest BCUT2D eigenvalue weighted by Gasteiger charge is -2.35. The second-order valence-electron chi connectivity index (χ2n) is 5.29. The van der Waals surface area contributed by atoms with Crippen molar-refractivity contribution in [2.75, 3.05) is 19.7 Å². The van der Waals surface area contributed by atoms with Crippen molar-refractivity contribution < 1.29 is 9.53 Å². The second kappa shape index (κ2) is 5.90. The average molecular weight is 317 g/mol. The highest BCUT2D eigenvalue weighted by atomic mass is 35.5. The molecule has 1 saturated carbocycles. The van der Waals surface area contributed by atoms with Gasteiger partial charge in [0.1, 0.15) is 6.10 Å². The van der Waals surface area contributed by atoms with Crippen molar-refractivity contribution in [3.05, 3.63) is 34.9 Å². The third-order valence-corrected chi connectivity index (χ3v) is 4.16. The molecule has 0 bridgehead atoms. The summed E-state index contributed by atoms with van der Waals surface area (Å²) in [6.45, 7) is 1.66. The van der Waals surface area contributed by atoms with Crippen LogP contribution >= 0.6 is 24.0 Å². The van der Waals surface area contributed by atoms with E-state index >= 15 is 0 Å². The maximum absolute atomic E-state index is 12.3. The lowest BCUT2D eigenvalue weighted by Crippen LogP contribution is -2.50. The van der Waals surface area contributed by atoms with E-state index in [1.807, 2.05) is 29.2 Å². The van der Waals surface area contributed by atoms with Crippen molar-refractivity contribution in [1.82, 2.24) is 4.90 Å². The Kier molecular flexibility index (Phi) is 4.59. The summed E-state index contributed by atoms with van der Waals surface area (Å²) in [5, 5.41) is 0.677. The maximum Gasteiger partial charge on any atom is 0.242 e. The SMILES string of the molecule is Cl.NC1(C(=O)N2CCOC(c3ccccc3Cl)C2)CC1. The van der Waals surface area contributed by atoms with Crippen molar-refractivity contribution in [2.24, 2.45) is 5.73 Å². The second-order valence-corrected chi connectivity index (χ2v) is 5.70. The van der Waals surface area contributed by atoms with Crippen LogP contribution in [-0.2, 0) is 9.53 Å². The molecule has 0 radical (unpaired) electrons. The van der Waals surface area contributed by atoms with Crippen molar-refractivity contribution in [2.45, 2.75) is 24.5 Å². The van der Waals surface area contributed by atoms with Crippen LogP contribution < -0.4 is 5.73 Å². The monoisotopic (exact) mass is 316 g/mol. The predicted molar refractivity (Wildman–Crippen MR) is 80.1 cm³/mol. The molecule has 1 aliphatic heterocycles. The summed E-state index contributed by atoms with van der Waals surface area (Å²) in [6, 6.07) is 7.59. The minimum Gasteiger partial charge on any atom is -0.370 e. The van der Waals surface area contributed by atoms with E-state index in [1.165, 1.54) is 0 Å².